The standard InChI is InChI=1S/C62H58BN5O/c1-60(2,3)44-30-34-64-57(37-44)68-53-23-12-11-22-48(53)49-28-27-47(39-56(49)68)69-46-21-17-20-45(38-46)65-41-66(55-25-14-13-24-54(55)65)59-50(42-18-9-8-10-19-42)40-63-33-15-16-35-67(63)58(59)43-26-29-51-52(36-43)62(6,7)32-31-61(51,4)5/h8-30,33-40H,31-32,41H2,1-7H3. The average molecular weight is 900 g/mol. The second kappa shape index (κ2) is 16.1. The number of para-hydroxylation sites is 3. The lowest BCUT2D eigenvalue weighted by Gasteiger charge is -2.43. The molecule has 0 saturated carbocycles. The molecule has 1 aliphatic carbocycles. The summed E-state index contributed by atoms with van der Waals surface area (Å²) >= 11 is 0. The van der Waals surface area contributed by atoms with Gasteiger partial charge in [0.1, 0.15) is 24.0 Å². The van der Waals surface area contributed by atoms with Crippen molar-refractivity contribution in [2.24, 2.45) is 0 Å². The summed E-state index contributed by atoms with van der Waals surface area (Å²) in [4.78, 5) is 12.4. The number of nitrogens with zero attached hydrogens (tertiary/aromatic N) is 5. The summed E-state index contributed by atoms with van der Waals surface area (Å²) in [7, 11) is 0. The highest BCUT2D eigenvalue weighted by molar-refractivity contribution is 6.70. The molecular formula is C62H58BN5O. The van der Waals surface area contributed by atoms with Gasteiger partial charge in [0.15, 0.2) is 0 Å². The largest absolute Gasteiger partial charge is 0.457 e. The molecule has 7 heteroatoms. The molecule has 0 fully saturated rings. The van der Waals surface area contributed by atoms with E-state index in [1.807, 2.05) is 6.20 Å². The van der Waals surface area contributed by atoms with Gasteiger partial charge in [-0.2, -0.15) is 0 Å². The number of ether oxygens (including phenoxy) is 1. The molecule has 340 valence electrons. The molecule has 2 aromatic heterocycles. The molecule has 0 spiro atoms. The number of anilines is 3. The highest BCUT2D eigenvalue weighted by Gasteiger charge is 2.41. The number of hydrogen-bond acceptors (Lipinski definition) is 5. The van der Waals surface area contributed by atoms with Gasteiger partial charge in [0, 0.05) is 34.8 Å². The lowest BCUT2D eigenvalue weighted by molar-refractivity contribution is 0.332. The first-order valence-electron chi connectivity index (χ1n) is 24.6. The molecule has 8 aromatic rings. The van der Waals surface area contributed by atoms with Crippen LogP contribution in [0.4, 0.5) is 17.1 Å². The first-order chi connectivity index (χ1) is 33.3. The highest BCUT2D eigenvalue weighted by Crippen LogP contribution is 2.51. The van der Waals surface area contributed by atoms with Crippen LogP contribution >= 0.6 is 0 Å². The Hall–Kier alpha value is -7.51. The van der Waals surface area contributed by atoms with E-state index in [4.69, 9.17) is 9.72 Å². The number of allylic oxidation sites excluding steroid dienone is 3. The summed E-state index contributed by atoms with van der Waals surface area (Å²) in [6, 6.07) is 55.1. The quantitative estimate of drug-likeness (QED) is 0.149. The first kappa shape index (κ1) is 42.8. The number of pyridine rings is 1. The average Bonchev–Trinajstić information content (AvgIpc) is 3.91. The Balaban J connectivity index is 0.961. The number of rotatable bonds is 7. The third-order valence-electron chi connectivity index (χ3n) is 15.1. The molecule has 5 heterocycles. The van der Waals surface area contributed by atoms with Gasteiger partial charge in [-0.15, -0.1) is 0 Å². The zero-order valence-corrected chi connectivity index (χ0v) is 40.7. The molecule has 6 nitrogen and oxygen atoms in total. The van der Waals surface area contributed by atoms with Gasteiger partial charge < -0.3 is 19.3 Å². The summed E-state index contributed by atoms with van der Waals surface area (Å²) in [5.41, 5.74) is 15.9. The Morgan fingerprint density at radius 3 is 2.13 bits per heavy atom. The van der Waals surface area contributed by atoms with E-state index in [-0.39, 0.29) is 23.1 Å². The molecule has 0 radical (unpaired) electrons. The van der Waals surface area contributed by atoms with Crippen LogP contribution in [0.2, 0.25) is 0 Å². The van der Waals surface area contributed by atoms with Crippen LogP contribution in [0.1, 0.15) is 89.1 Å². The monoisotopic (exact) mass is 899 g/mol. The topological polar surface area (TPSA) is 36.8 Å². The van der Waals surface area contributed by atoms with E-state index in [0.29, 0.717) is 6.67 Å². The minimum atomic E-state index is -0.0129. The molecular weight excluding hydrogens is 842 g/mol. The van der Waals surface area contributed by atoms with E-state index in [1.54, 1.807) is 0 Å². The fourth-order valence-electron chi connectivity index (χ4n) is 11.3. The van der Waals surface area contributed by atoms with Crippen molar-refractivity contribution in [3.05, 3.63) is 222 Å². The van der Waals surface area contributed by atoms with Gasteiger partial charge in [-0.1, -0.05) is 145 Å². The van der Waals surface area contributed by atoms with Gasteiger partial charge >= 0.3 is 6.85 Å². The fourth-order valence-corrected chi connectivity index (χ4v) is 11.3. The maximum atomic E-state index is 6.86. The number of fused-ring (bicyclic) bond motifs is 6. The molecule has 6 aromatic carbocycles. The lowest BCUT2D eigenvalue weighted by atomic mass is 9.55. The summed E-state index contributed by atoms with van der Waals surface area (Å²) < 4.78 is 9.13. The van der Waals surface area contributed by atoms with Crippen LogP contribution in [0.15, 0.2) is 194 Å². The maximum absolute atomic E-state index is 6.86. The first-order valence-corrected chi connectivity index (χ1v) is 24.6. The summed E-state index contributed by atoms with van der Waals surface area (Å²) in [6.07, 6.45) is 10.9. The van der Waals surface area contributed by atoms with Crippen LogP contribution in [0.25, 0.3) is 38.9 Å². The molecule has 0 saturated heterocycles. The van der Waals surface area contributed by atoms with Crippen LogP contribution in [0, 0.1) is 0 Å². The van der Waals surface area contributed by atoms with E-state index >= 15 is 0 Å². The minimum absolute atomic E-state index is 0.0129. The van der Waals surface area contributed by atoms with Crippen LogP contribution in [-0.2, 0) is 16.2 Å². The number of benzene rings is 6. The number of hydrogen-bond donors (Lipinski definition) is 0. The second-order valence-corrected chi connectivity index (χ2v) is 21.6. The van der Waals surface area contributed by atoms with E-state index < -0.39 is 0 Å². The molecule has 0 atom stereocenters. The van der Waals surface area contributed by atoms with E-state index in [1.165, 1.54) is 56.6 Å². The van der Waals surface area contributed by atoms with Crippen molar-refractivity contribution in [2.75, 3.05) is 16.5 Å². The van der Waals surface area contributed by atoms with E-state index in [2.05, 4.69) is 250 Å². The van der Waals surface area contributed by atoms with Crippen molar-refractivity contribution in [2.45, 2.75) is 77.6 Å². The summed E-state index contributed by atoms with van der Waals surface area (Å²) in [6.45, 7) is 17.1. The molecule has 3 aliphatic heterocycles. The predicted octanol–water partition coefficient (Wildman–Crippen LogP) is 15.5. The summed E-state index contributed by atoms with van der Waals surface area (Å²) in [5.74, 6) is 7.21. The Bertz CT molecular complexity index is 3480. The molecule has 0 amide bonds. The minimum Gasteiger partial charge on any atom is -0.457 e. The Kier molecular flexibility index (Phi) is 9.96. The van der Waals surface area contributed by atoms with Crippen molar-refractivity contribution in [3.63, 3.8) is 0 Å². The Morgan fingerprint density at radius 2 is 1.32 bits per heavy atom. The molecule has 0 unspecified atom stereocenters. The molecule has 69 heavy (non-hydrogen) atoms. The second-order valence-electron chi connectivity index (χ2n) is 21.6. The van der Waals surface area contributed by atoms with Gasteiger partial charge in [-0.3, -0.25) is 4.57 Å². The van der Waals surface area contributed by atoms with Crippen molar-refractivity contribution >= 4 is 57.0 Å². The third-order valence-corrected chi connectivity index (χ3v) is 15.1. The smallest absolute Gasteiger partial charge is 0.313 e. The van der Waals surface area contributed by atoms with Gasteiger partial charge in [0.05, 0.1) is 33.8 Å². The SMILES string of the molecule is CC(C)(C)c1ccnc(-n2c3ccccc3c3ccc(Oc4cccc(N5CN(C6=C(c7ccc8c(c7)C(C)(C)CCC8(C)C)N7C=CC=CB7C=C6c6ccccc6)c6ccccc65)c4)cc32)c1. The number of aromatic nitrogens is 2. The zero-order valence-electron chi connectivity index (χ0n) is 40.7. The van der Waals surface area contributed by atoms with Gasteiger partial charge in [-0.25, -0.2) is 4.98 Å². The van der Waals surface area contributed by atoms with Crippen molar-refractivity contribution in [3.8, 4) is 17.3 Å². The third kappa shape index (κ3) is 7.29. The Labute approximate surface area is 407 Å². The van der Waals surface area contributed by atoms with E-state index in [0.717, 1.165) is 57.2 Å². The van der Waals surface area contributed by atoms with Gasteiger partial charge in [-0.05, 0) is 135 Å². The van der Waals surface area contributed by atoms with Crippen LogP contribution in [0.3, 0.4) is 0 Å². The molecule has 12 rings (SSSR count). The van der Waals surface area contributed by atoms with Crippen LogP contribution in [-0.4, -0.2) is 27.9 Å². The normalized spacial score (nSPS) is 17.1. The highest BCUT2D eigenvalue weighted by atomic mass is 16.5. The Morgan fingerprint density at radius 1 is 0.594 bits per heavy atom. The fraction of sp³-hybridized carbons (Fsp3) is 0.210. The lowest BCUT2D eigenvalue weighted by Crippen LogP contribution is -2.40. The predicted molar refractivity (Wildman–Crippen MR) is 289 cm³/mol. The summed E-state index contributed by atoms with van der Waals surface area (Å²) in [5, 5.41) is 2.35. The molecule has 0 bridgehead atoms. The van der Waals surface area contributed by atoms with Crippen molar-refractivity contribution in [1.29, 1.82) is 0 Å². The maximum Gasteiger partial charge on any atom is 0.313 e. The molecule has 4 aliphatic rings. The zero-order chi connectivity index (χ0) is 47.2. The van der Waals surface area contributed by atoms with E-state index in [9.17, 15) is 0 Å². The molecule has 0 N–H and O–H groups in total. The van der Waals surface area contributed by atoms with Crippen LogP contribution in [0.5, 0.6) is 11.5 Å². The van der Waals surface area contributed by atoms with Gasteiger partial charge in [0.2, 0.25) is 0 Å². The van der Waals surface area contributed by atoms with Crippen molar-refractivity contribution in [1.82, 2.24) is 14.4 Å². The van der Waals surface area contributed by atoms with Gasteiger partial charge in [0.25, 0.3) is 0 Å². The van der Waals surface area contributed by atoms with Crippen molar-refractivity contribution < 1.29 is 4.74 Å². The van der Waals surface area contributed by atoms with Crippen LogP contribution < -0.4 is 14.5 Å².